The highest BCUT2D eigenvalue weighted by atomic mass is 32.2. The summed E-state index contributed by atoms with van der Waals surface area (Å²) in [5.41, 5.74) is 2.72. The first-order chi connectivity index (χ1) is 16.1. The number of piperidine rings is 1. The Hall–Kier alpha value is -3.27. The van der Waals surface area contributed by atoms with Crippen molar-refractivity contribution < 1.29 is 26.3 Å². The third kappa shape index (κ3) is 6.19. The minimum Gasteiger partial charge on any atom is -0.406 e. The van der Waals surface area contributed by atoms with Crippen LogP contribution in [0.15, 0.2) is 65.6 Å². The van der Waals surface area contributed by atoms with Crippen LogP contribution in [0.1, 0.15) is 19.3 Å². The van der Waals surface area contributed by atoms with Crippen LogP contribution in [0.2, 0.25) is 0 Å². The normalized spacial score (nSPS) is 14.6. The van der Waals surface area contributed by atoms with Crippen LogP contribution in [0.3, 0.4) is 0 Å². The van der Waals surface area contributed by atoms with Crippen LogP contribution in [0.5, 0.6) is 5.75 Å². The predicted octanol–water partition coefficient (Wildman–Crippen LogP) is 5.78. The van der Waals surface area contributed by atoms with Gasteiger partial charge < -0.3 is 15.0 Å². The molecular weight excluding hydrogens is 467 g/mol. The number of hydrogen-bond donors (Lipinski definition) is 1. The fourth-order valence-electron chi connectivity index (χ4n) is 3.84. The van der Waals surface area contributed by atoms with Crippen LogP contribution in [-0.2, 0) is 9.84 Å². The van der Waals surface area contributed by atoms with Gasteiger partial charge in [-0.2, -0.15) is 0 Å². The summed E-state index contributed by atoms with van der Waals surface area (Å²) in [6.45, 7) is 1.80. The second-order valence-corrected chi connectivity index (χ2v) is 10.2. The number of nitrogens with zero attached hydrogens (tertiary/aromatic N) is 2. The van der Waals surface area contributed by atoms with E-state index in [0.29, 0.717) is 22.8 Å². The van der Waals surface area contributed by atoms with E-state index in [-0.39, 0.29) is 10.6 Å². The van der Waals surface area contributed by atoms with Crippen molar-refractivity contribution in [2.24, 2.45) is 0 Å². The Labute approximate surface area is 196 Å². The van der Waals surface area contributed by atoms with Crippen LogP contribution in [0, 0.1) is 0 Å². The SMILES string of the molecule is CS(=O)(=O)c1cccc(-c2cc(N3CCCCC3)cc(Nc3ccc(OC(F)(F)F)cc3)n2)c1. The Morgan fingerprint density at radius 2 is 1.68 bits per heavy atom. The molecular formula is C24H24F3N3O3S. The monoisotopic (exact) mass is 491 g/mol. The standard InChI is InChI=1S/C24H24F3N3O3S/c1-34(31,32)21-7-5-6-17(14-21)22-15-19(30-12-3-2-4-13-30)16-23(29-22)28-18-8-10-20(11-9-18)33-24(25,26)27/h5-11,14-16H,2-4,12-13H2,1H3,(H,28,29). The number of anilines is 3. The van der Waals surface area contributed by atoms with Gasteiger partial charge in [0.2, 0.25) is 0 Å². The highest BCUT2D eigenvalue weighted by Gasteiger charge is 2.31. The Bertz CT molecular complexity index is 1260. The molecule has 1 fully saturated rings. The molecule has 0 spiro atoms. The summed E-state index contributed by atoms with van der Waals surface area (Å²) in [6, 6.07) is 15.8. The van der Waals surface area contributed by atoms with Crippen LogP contribution in [0.4, 0.5) is 30.4 Å². The lowest BCUT2D eigenvalue weighted by molar-refractivity contribution is -0.274. The van der Waals surface area contributed by atoms with E-state index in [1.807, 2.05) is 12.1 Å². The number of nitrogens with one attached hydrogen (secondary N) is 1. The maximum Gasteiger partial charge on any atom is 0.573 e. The molecule has 0 atom stereocenters. The van der Waals surface area contributed by atoms with E-state index in [9.17, 15) is 21.6 Å². The van der Waals surface area contributed by atoms with E-state index in [4.69, 9.17) is 0 Å². The molecule has 1 aromatic heterocycles. The van der Waals surface area contributed by atoms with Gasteiger partial charge in [-0.3, -0.25) is 0 Å². The molecule has 0 aliphatic carbocycles. The molecule has 2 heterocycles. The lowest BCUT2D eigenvalue weighted by atomic mass is 10.1. The van der Waals surface area contributed by atoms with Crippen molar-refractivity contribution >= 4 is 27.0 Å². The van der Waals surface area contributed by atoms with Crippen molar-refractivity contribution in [2.45, 2.75) is 30.5 Å². The zero-order chi connectivity index (χ0) is 24.3. The molecule has 10 heteroatoms. The molecule has 1 saturated heterocycles. The second-order valence-electron chi connectivity index (χ2n) is 8.14. The topological polar surface area (TPSA) is 71.5 Å². The largest absolute Gasteiger partial charge is 0.573 e. The first kappa shape index (κ1) is 23.9. The van der Waals surface area contributed by atoms with Gasteiger partial charge in [0.25, 0.3) is 0 Å². The van der Waals surface area contributed by atoms with E-state index in [1.165, 1.54) is 36.8 Å². The number of pyridine rings is 1. The Kier molecular flexibility index (Phi) is 6.70. The summed E-state index contributed by atoms with van der Waals surface area (Å²) >= 11 is 0. The highest BCUT2D eigenvalue weighted by Crippen LogP contribution is 2.31. The molecule has 6 nitrogen and oxygen atoms in total. The van der Waals surface area contributed by atoms with E-state index >= 15 is 0 Å². The lowest BCUT2D eigenvalue weighted by Crippen LogP contribution is -2.29. The van der Waals surface area contributed by atoms with E-state index in [0.717, 1.165) is 37.9 Å². The highest BCUT2D eigenvalue weighted by molar-refractivity contribution is 7.90. The van der Waals surface area contributed by atoms with Gasteiger partial charge >= 0.3 is 6.36 Å². The molecule has 1 aliphatic heterocycles. The third-order valence-corrected chi connectivity index (χ3v) is 6.56. The van der Waals surface area contributed by atoms with Crippen molar-refractivity contribution in [3.05, 3.63) is 60.7 Å². The number of ether oxygens (including phenoxy) is 1. The number of halogens is 3. The summed E-state index contributed by atoms with van der Waals surface area (Å²) < 4.78 is 65.3. The van der Waals surface area contributed by atoms with Crippen LogP contribution >= 0.6 is 0 Å². The molecule has 0 amide bonds. The number of rotatable bonds is 6. The smallest absolute Gasteiger partial charge is 0.406 e. The van der Waals surface area contributed by atoms with Crippen molar-refractivity contribution in [2.75, 3.05) is 29.6 Å². The van der Waals surface area contributed by atoms with Gasteiger partial charge in [0.15, 0.2) is 9.84 Å². The Morgan fingerprint density at radius 3 is 2.32 bits per heavy atom. The number of hydrogen-bond acceptors (Lipinski definition) is 6. The fourth-order valence-corrected chi connectivity index (χ4v) is 4.50. The maximum atomic E-state index is 12.4. The van der Waals surface area contributed by atoms with Gasteiger partial charge in [-0.05, 0) is 61.7 Å². The molecule has 0 bridgehead atoms. The summed E-state index contributed by atoms with van der Waals surface area (Å²) in [4.78, 5) is 7.10. The zero-order valence-corrected chi connectivity index (χ0v) is 19.3. The Morgan fingerprint density at radius 1 is 0.971 bits per heavy atom. The van der Waals surface area contributed by atoms with Crippen LogP contribution in [0.25, 0.3) is 11.3 Å². The summed E-state index contributed by atoms with van der Waals surface area (Å²) in [5, 5.41) is 3.14. The maximum absolute atomic E-state index is 12.4. The summed E-state index contributed by atoms with van der Waals surface area (Å²) in [5.74, 6) is 0.179. The molecule has 1 aliphatic rings. The van der Waals surface area contributed by atoms with Gasteiger partial charge in [0, 0.05) is 42.3 Å². The second kappa shape index (κ2) is 9.54. The molecule has 1 N–H and O–H groups in total. The molecule has 3 aromatic rings. The van der Waals surface area contributed by atoms with Gasteiger partial charge in [-0.1, -0.05) is 12.1 Å². The van der Waals surface area contributed by atoms with Crippen molar-refractivity contribution in [1.82, 2.24) is 4.98 Å². The van der Waals surface area contributed by atoms with E-state index in [2.05, 4.69) is 19.9 Å². The van der Waals surface area contributed by atoms with Gasteiger partial charge in [-0.15, -0.1) is 13.2 Å². The molecule has 2 aromatic carbocycles. The number of aromatic nitrogens is 1. The molecule has 0 unspecified atom stereocenters. The van der Waals surface area contributed by atoms with Gasteiger partial charge in [-0.25, -0.2) is 13.4 Å². The van der Waals surface area contributed by atoms with E-state index < -0.39 is 16.2 Å². The molecule has 180 valence electrons. The van der Waals surface area contributed by atoms with Gasteiger partial charge in [0.05, 0.1) is 10.6 Å². The van der Waals surface area contributed by atoms with E-state index in [1.54, 1.807) is 18.2 Å². The molecule has 34 heavy (non-hydrogen) atoms. The minimum absolute atomic E-state index is 0.199. The molecule has 0 radical (unpaired) electrons. The summed E-state index contributed by atoms with van der Waals surface area (Å²) in [6.07, 6.45) is -0.283. The average molecular weight is 492 g/mol. The molecule has 4 rings (SSSR count). The van der Waals surface area contributed by atoms with Crippen molar-refractivity contribution in [3.63, 3.8) is 0 Å². The fraction of sp³-hybridized carbons (Fsp3) is 0.292. The summed E-state index contributed by atoms with van der Waals surface area (Å²) in [7, 11) is -3.39. The minimum atomic E-state index is -4.76. The first-order valence-electron chi connectivity index (χ1n) is 10.8. The quantitative estimate of drug-likeness (QED) is 0.471. The predicted molar refractivity (Wildman–Crippen MR) is 125 cm³/mol. The van der Waals surface area contributed by atoms with Crippen LogP contribution < -0.4 is 15.0 Å². The van der Waals surface area contributed by atoms with Gasteiger partial charge in [0.1, 0.15) is 11.6 Å². The van der Waals surface area contributed by atoms with Crippen molar-refractivity contribution in [1.29, 1.82) is 0 Å². The van der Waals surface area contributed by atoms with Crippen LogP contribution in [-0.4, -0.2) is 39.1 Å². The third-order valence-electron chi connectivity index (χ3n) is 5.45. The zero-order valence-electron chi connectivity index (χ0n) is 18.5. The first-order valence-corrected chi connectivity index (χ1v) is 12.7. The molecule has 0 saturated carbocycles. The number of benzene rings is 2. The number of sulfone groups is 1. The number of alkyl halides is 3. The lowest BCUT2D eigenvalue weighted by Gasteiger charge is -2.29. The average Bonchev–Trinajstić information content (AvgIpc) is 2.79. The Balaban J connectivity index is 1.68. The van der Waals surface area contributed by atoms with Crippen molar-refractivity contribution in [3.8, 4) is 17.0 Å².